The monoisotopic (exact) mass is 428 g/mol. The van der Waals surface area contributed by atoms with Gasteiger partial charge in [0.05, 0.1) is 13.2 Å². The van der Waals surface area contributed by atoms with Crippen molar-refractivity contribution < 1.29 is 14.3 Å². The van der Waals surface area contributed by atoms with Gasteiger partial charge in [0.1, 0.15) is 11.9 Å². The number of piperidine rings is 1. The van der Waals surface area contributed by atoms with Gasteiger partial charge >= 0.3 is 6.09 Å². The summed E-state index contributed by atoms with van der Waals surface area (Å²) in [5, 5.41) is 3.11. The van der Waals surface area contributed by atoms with Crippen LogP contribution in [0.5, 0.6) is 0 Å². The van der Waals surface area contributed by atoms with Gasteiger partial charge in [-0.25, -0.2) is 9.78 Å². The molecule has 7 nitrogen and oxygen atoms in total. The van der Waals surface area contributed by atoms with Crippen molar-refractivity contribution in [3.63, 3.8) is 0 Å². The van der Waals surface area contributed by atoms with Crippen LogP contribution >= 0.6 is 0 Å². The number of ether oxygens (including phenoxy) is 2. The zero-order chi connectivity index (χ0) is 21.1. The molecule has 5 rings (SSSR count). The third-order valence-corrected chi connectivity index (χ3v) is 7.72. The summed E-state index contributed by atoms with van der Waals surface area (Å²) in [5.74, 6) is 1.08. The second-order valence-corrected chi connectivity index (χ2v) is 9.96. The third kappa shape index (κ3) is 5.14. The standard InChI is InChI=1S/C24H36N4O3/c29-23(31-21-3-1-2-4-21)26-20-16-24(17-20)6-9-27(10-7-24)18-19-5-8-25-22(15-19)28-11-13-30-14-12-28/h5,8,15,20-21H,1-4,6-7,9-14,16-18H2,(H,26,29). The lowest BCUT2D eigenvalue weighted by Gasteiger charge is -2.52. The molecule has 4 fully saturated rings. The Morgan fingerprint density at radius 3 is 2.65 bits per heavy atom. The van der Waals surface area contributed by atoms with E-state index in [2.05, 4.69) is 32.2 Å². The van der Waals surface area contributed by atoms with Gasteiger partial charge in [0.2, 0.25) is 0 Å². The topological polar surface area (TPSA) is 66.9 Å². The van der Waals surface area contributed by atoms with Crippen LogP contribution in [0, 0.1) is 5.41 Å². The van der Waals surface area contributed by atoms with Crippen LogP contribution in [0.1, 0.15) is 56.9 Å². The number of nitrogens with zero attached hydrogens (tertiary/aromatic N) is 3. The summed E-state index contributed by atoms with van der Waals surface area (Å²) in [7, 11) is 0. The molecule has 0 atom stereocenters. The van der Waals surface area contributed by atoms with Crippen LogP contribution in [0.15, 0.2) is 18.3 Å². The molecule has 31 heavy (non-hydrogen) atoms. The van der Waals surface area contributed by atoms with E-state index in [9.17, 15) is 4.79 Å². The minimum absolute atomic E-state index is 0.147. The Hall–Kier alpha value is -1.86. The van der Waals surface area contributed by atoms with Gasteiger partial charge in [-0.15, -0.1) is 0 Å². The minimum atomic E-state index is -0.196. The molecule has 2 aliphatic carbocycles. The average Bonchev–Trinajstić information content (AvgIpc) is 3.28. The van der Waals surface area contributed by atoms with Gasteiger partial charge in [-0.05, 0) is 87.6 Å². The quantitative estimate of drug-likeness (QED) is 0.776. The number of likely N-dealkylation sites (tertiary alicyclic amines) is 1. The predicted octanol–water partition coefficient (Wildman–Crippen LogP) is 3.33. The number of carbonyl (C=O) groups excluding carboxylic acids is 1. The Balaban J connectivity index is 1.05. The van der Waals surface area contributed by atoms with Gasteiger partial charge < -0.3 is 19.7 Å². The normalized spacial score (nSPS) is 24.8. The lowest BCUT2D eigenvalue weighted by atomic mass is 9.60. The Labute approximate surface area is 185 Å². The number of aromatic nitrogens is 1. The number of hydrogen-bond acceptors (Lipinski definition) is 6. The molecule has 2 saturated heterocycles. The minimum Gasteiger partial charge on any atom is -0.446 e. The third-order valence-electron chi connectivity index (χ3n) is 7.72. The summed E-state index contributed by atoms with van der Waals surface area (Å²) in [6, 6.07) is 4.69. The van der Waals surface area contributed by atoms with Gasteiger partial charge in [0, 0.05) is 31.9 Å². The van der Waals surface area contributed by atoms with Crippen molar-refractivity contribution in [3.8, 4) is 0 Å². The summed E-state index contributed by atoms with van der Waals surface area (Å²) >= 11 is 0. The fourth-order valence-electron chi connectivity index (χ4n) is 5.82. The molecule has 1 aromatic heterocycles. The number of pyridine rings is 1. The first-order chi connectivity index (χ1) is 15.2. The summed E-state index contributed by atoms with van der Waals surface area (Å²) in [5.41, 5.74) is 1.77. The summed E-state index contributed by atoms with van der Waals surface area (Å²) < 4.78 is 11.0. The van der Waals surface area contributed by atoms with E-state index >= 15 is 0 Å². The average molecular weight is 429 g/mol. The predicted molar refractivity (Wildman–Crippen MR) is 119 cm³/mol. The fourth-order valence-corrected chi connectivity index (χ4v) is 5.82. The Morgan fingerprint density at radius 1 is 1.16 bits per heavy atom. The van der Waals surface area contributed by atoms with E-state index in [1.165, 1.54) is 31.2 Å². The maximum absolute atomic E-state index is 12.1. The van der Waals surface area contributed by atoms with Crippen LogP contribution in [-0.2, 0) is 16.0 Å². The number of morpholine rings is 1. The molecule has 2 aliphatic heterocycles. The van der Waals surface area contributed by atoms with Crippen molar-refractivity contribution >= 4 is 11.9 Å². The zero-order valence-electron chi connectivity index (χ0n) is 18.6. The Morgan fingerprint density at radius 2 is 1.90 bits per heavy atom. The molecule has 0 aromatic carbocycles. The van der Waals surface area contributed by atoms with Gasteiger partial charge in [0.15, 0.2) is 0 Å². The maximum atomic E-state index is 12.1. The Bertz CT molecular complexity index is 745. The number of hydrogen-bond donors (Lipinski definition) is 1. The van der Waals surface area contributed by atoms with Crippen molar-refractivity contribution in [1.29, 1.82) is 0 Å². The van der Waals surface area contributed by atoms with Crippen molar-refractivity contribution in [1.82, 2.24) is 15.2 Å². The first-order valence-electron chi connectivity index (χ1n) is 12.1. The van der Waals surface area contributed by atoms with Gasteiger partial charge in [0.25, 0.3) is 0 Å². The largest absolute Gasteiger partial charge is 0.446 e. The van der Waals surface area contributed by atoms with Gasteiger partial charge in [-0.3, -0.25) is 4.90 Å². The van der Waals surface area contributed by atoms with Crippen molar-refractivity contribution in [3.05, 3.63) is 23.9 Å². The van der Waals surface area contributed by atoms with Crippen molar-refractivity contribution in [2.75, 3.05) is 44.3 Å². The number of carbonyl (C=O) groups is 1. The van der Waals surface area contributed by atoms with E-state index in [0.29, 0.717) is 11.5 Å². The van der Waals surface area contributed by atoms with E-state index in [1.807, 2.05) is 6.20 Å². The summed E-state index contributed by atoms with van der Waals surface area (Å²) in [6.07, 6.45) is 11.0. The molecule has 0 unspecified atom stereocenters. The maximum Gasteiger partial charge on any atom is 0.407 e. The van der Waals surface area contributed by atoms with Crippen LogP contribution in [-0.4, -0.2) is 67.5 Å². The van der Waals surface area contributed by atoms with E-state index in [4.69, 9.17) is 9.47 Å². The first-order valence-corrected chi connectivity index (χ1v) is 12.1. The molecule has 2 saturated carbocycles. The SMILES string of the molecule is O=C(NC1CC2(CCN(Cc3ccnc(N4CCOCC4)c3)CC2)C1)OC1CCCC1. The molecule has 0 bridgehead atoms. The van der Waals surface area contributed by atoms with E-state index in [-0.39, 0.29) is 12.2 Å². The van der Waals surface area contributed by atoms with Gasteiger partial charge in [-0.2, -0.15) is 0 Å². The van der Waals surface area contributed by atoms with E-state index < -0.39 is 0 Å². The van der Waals surface area contributed by atoms with Crippen LogP contribution in [0.4, 0.5) is 10.6 Å². The number of rotatable bonds is 5. The number of alkyl carbamates (subject to hydrolysis) is 1. The molecule has 1 spiro atoms. The van der Waals surface area contributed by atoms with Crippen LogP contribution in [0.3, 0.4) is 0 Å². The van der Waals surface area contributed by atoms with E-state index in [0.717, 1.165) is 77.4 Å². The molecule has 0 radical (unpaired) electrons. The lowest BCUT2D eigenvalue weighted by Crippen LogP contribution is -2.55. The van der Waals surface area contributed by atoms with E-state index in [1.54, 1.807) is 0 Å². The molecule has 1 N–H and O–H groups in total. The smallest absolute Gasteiger partial charge is 0.407 e. The number of anilines is 1. The zero-order valence-corrected chi connectivity index (χ0v) is 18.6. The highest BCUT2D eigenvalue weighted by molar-refractivity contribution is 5.68. The summed E-state index contributed by atoms with van der Waals surface area (Å²) in [4.78, 5) is 21.6. The molecule has 170 valence electrons. The molecule has 4 aliphatic rings. The molecule has 3 heterocycles. The highest BCUT2D eigenvalue weighted by Gasteiger charge is 2.46. The van der Waals surface area contributed by atoms with Gasteiger partial charge in [-0.1, -0.05) is 0 Å². The summed E-state index contributed by atoms with van der Waals surface area (Å²) in [6.45, 7) is 6.68. The second-order valence-electron chi connectivity index (χ2n) is 9.96. The highest BCUT2D eigenvalue weighted by Crippen LogP contribution is 2.49. The molecular formula is C24H36N4O3. The molecule has 1 aromatic rings. The molecule has 1 amide bonds. The van der Waals surface area contributed by atoms with Crippen molar-refractivity contribution in [2.45, 2.75) is 70.1 Å². The Kier molecular flexibility index (Phi) is 6.32. The lowest BCUT2D eigenvalue weighted by molar-refractivity contribution is 0.00104. The van der Waals surface area contributed by atoms with Crippen LogP contribution in [0.2, 0.25) is 0 Å². The van der Waals surface area contributed by atoms with Crippen LogP contribution in [0.25, 0.3) is 0 Å². The van der Waals surface area contributed by atoms with Crippen molar-refractivity contribution in [2.24, 2.45) is 5.41 Å². The van der Waals surface area contributed by atoms with Crippen LogP contribution < -0.4 is 10.2 Å². The second kappa shape index (κ2) is 9.33. The first kappa shape index (κ1) is 21.0. The molecular weight excluding hydrogens is 392 g/mol. The molecule has 7 heteroatoms. The highest BCUT2D eigenvalue weighted by atomic mass is 16.6. The number of amides is 1. The fraction of sp³-hybridized carbons (Fsp3) is 0.750. The number of nitrogens with one attached hydrogen (secondary N) is 1.